The third-order valence-electron chi connectivity index (χ3n) is 6.79. The quantitative estimate of drug-likeness (QED) is 0.471. The summed E-state index contributed by atoms with van der Waals surface area (Å²) in [5.74, 6) is -0.657. The van der Waals surface area contributed by atoms with Gasteiger partial charge in [-0.25, -0.2) is 14.8 Å². The van der Waals surface area contributed by atoms with Gasteiger partial charge in [0.05, 0.1) is 24.1 Å². The van der Waals surface area contributed by atoms with Gasteiger partial charge < -0.3 is 19.6 Å². The molecule has 4 amide bonds. The van der Waals surface area contributed by atoms with Crippen LogP contribution in [0.5, 0.6) is 0 Å². The smallest absolute Gasteiger partial charge is 0.340 e. The van der Waals surface area contributed by atoms with Crippen LogP contribution in [0.25, 0.3) is 11.3 Å². The van der Waals surface area contributed by atoms with Crippen molar-refractivity contribution in [1.29, 1.82) is 0 Å². The monoisotopic (exact) mass is 571 g/mol. The Balaban J connectivity index is 1.33. The van der Waals surface area contributed by atoms with Gasteiger partial charge in [0, 0.05) is 31.4 Å². The van der Waals surface area contributed by atoms with Crippen molar-refractivity contribution in [3.63, 3.8) is 0 Å². The van der Waals surface area contributed by atoms with Crippen LogP contribution in [-0.2, 0) is 22.3 Å². The molecule has 0 spiro atoms. The van der Waals surface area contributed by atoms with Crippen molar-refractivity contribution in [2.24, 2.45) is 4.99 Å². The highest BCUT2D eigenvalue weighted by Gasteiger charge is 2.51. The molecule has 3 atom stereocenters. The van der Waals surface area contributed by atoms with Gasteiger partial charge in [-0.2, -0.15) is 18.2 Å². The summed E-state index contributed by atoms with van der Waals surface area (Å²) < 4.78 is 45.0. The number of nitrogens with zero attached hydrogens (tertiary/aromatic N) is 8. The van der Waals surface area contributed by atoms with Crippen molar-refractivity contribution >= 4 is 30.0 Å². The van der Waals surface area contributed by atoms with Crippen LogP contribution in [0.1, 0.15) is 29.9 Å². The molecule has 3 aromatic rings. The first kappa shape index (κ1) is 27.7. The van der Waals surface area contributed by atoms with E-state index in [2.05, 4.69) is 30.4 Å². The number of aliphatic imine (C=N–C) groups is 1. The molecular formula is C25H24F3N9O4. The van der Waals surface area contributed by atoms with Crippen LogP contribution in [0.4, 0.5) is 23.8 Å². The van der Waals surface area contributed by atoms with E-state index < -0.39 is 47.8 Å². The van der Waals surface area contributed by atoms with Crippen molar-refractivity contribution in [1.82, 2.24) is 34.8 Å². The molecule has 2 aliphatic heterocycles. The third kappa shape index (κ3) is 5.19. The maximum atomic E-state index is 13.4. The molecule has 13 nitrogen and oxygen atoms in total. The molecule has 5 rings (SSSR count). The minimum Gasteiger partial charge on any atom is -0.340 e. The Morgan fingerprint density at radius 2 is 1.95 bits per heavy atom. The number of imide groups is 1. The number of anilines is 1. The fourth-order valence-electron chi connectivity index (χ4n) is 4.60. The minimum atomic E-state index is -4.58. The molecule has 0 aromatic carbocycles. The number of rotatable bonds is 6. The highest BCUT2D eigenvalue weighted by Crippen LogP contribution is 2.33. The van der Waals surface area contributed by atoms with Gasteiger partial charge in [0.25, 0.3) is 5.91 Å². The van der Waals surface area contributed by atoms with E-state index in [1.54, 1.807) is 13.8 Å². The first-order valence-electron chi connectivity index (χ1n) is 12.4. The fourth-order valence-corrected chi connectivity index (χ4v) is 4.60. The van der Waals surface area contributed by atoms with Gasteiger partial charge in [-0.15, -0.1) is 0 Å². The number of hydrogen-bond donors (Lipinski definition) is 1. The number of carbonyl (C=O) groups is 3. The molecule has 2 unspecified atom stereocenters. The molecule has 0 saturated carbocycles. The number of alkyl halides is 3. The molecule has 1 N–H and O–H groups in total. The first-order valence-corrected chi connectivity index (χ1v) is 12.4. The number of pyridine rings is 2. The number of amides is 4. The summed E-state index contributed by atoms with van der Waals surface area (Å²) in [5, 5.41) is 6.38. The Bertz CT molecular complexity index is 1560. The minimum absolute atomic E-state index is 0.0811. The molecule has 16 heteroatoms. The molecular weight excluding hydrogens is 547 g/mol. The van der Waals surface area contributed by atoms with Crippen LogP contribution >= 0.6 is 0 Å². The molecule has 2 aliphatic rings. The topological polar surface area (TPSA) is 150 Å². The van der Waals surface area contributed by atoms with E-state index >= 15 is 0 Å². The van der Waals surface area contributed by atoms with E-state index in [-0.39, 0.29) is 41.0 Å². The average molecular weight is 572 g/mol. The summed E-state index contributed by atoms with van der Waals surface area (Å²) in [5.41, 5.74) is -0.752. The Kier molecular flexibility index (Phi) is 6.92. The number of nitrogens with one attached hydrogen (secondary N) is 1. The molecule has 1 fully saturated rings. The predicted octanol–water partition coefficient (Wildman–Crippen LogP) is 2.62. The van der Waals surface area contributed by atoms with E-state index in [9.17, 15) is 27.6 Å². The Hall–Kier alpha value is -4.89. The molecule has 3 aromatic heterocycles. The van der Waals surface area contributed by atoms with E-state index in [1.807, 2.05) is 0 Å². The molecule has 0 aliphatic carbocycles. The lowest BCUT2D eigenvalue weighted by Gasteiger charge is -2.41. The number of aryl methyl sites for hydroxylation is 2. The van der Waals surface area contributed by atoms with Crippen LogP contribution in [0, 0.1) is 13.8 Å². The molecule has 214 valence electrons. The van der Waals surface area contributed by atoms with Gasteiger partial charge in [0.1, 0.15) is 11.9 Å². The van der Waals surface area contributed by atoms with Gasteiger partial charge in [0.2, 0.25) is 11.8 Å². The molecule has 1 saturated heterocycles. The fraction of sp³-hybridized carbons (Fsp3) is 0.360. The maximum absolute atomic E-state index is 13.4. The van der Waals surface area contributed by atoms with Gasteiger partial charge in [-0.05, 0) is 32.0 Å². The molecule has 0 bridgehead atoms. The van der Waals surface area contributed by atoms with Crippen LogP contribution in [-0.4, -0.2) is 84.3 Å². The SMILES string of the molecule is Cc1nc(CN2C(=O)C3C(N=CN3[C@@H](C)C(=O)Nc3cccc(-c4cnc(C)c(C(F)(F)F)c4)n3)N(C)C2=O)no1. The average Bonchev–Trinajstić information content (AvgIpc) is 3.55. The summed E-state index contributed by atoms with van der Waals surface area (Å²) in [6.45, 7) is 4.16. The van der Waals surface area contributed by atoms with Crippen LogP contribution in [0.2, 0.25) is 0 Å². The normalized spacial score (nSPS) is 19.5. The van der Waals surface area contributed by atoms with Gasteiger partial charge >= 0.3 is 12.2 Å². The Morgan fingerprint density at radius 1 is 1.20 bits per heavy atom. The van der Waals surface area contributed by atoms with Crippen LogP contribution in [0.15, 0.2) is 40.0 Å². The second kappa shape index (κ2) is 10.3. The number of urea groups is 1. The van der Waals surface area contributed by atoms with E-state index in [0.717, 1.165) is 11.0 Å². The van der Waals surface area contributed by atoms with Crippen molar-refractivity contribution in [3.8, 4) is 11.3 Å². The summed E-state index contributed by atoms with van der Waals surface area (Å²) in [6, 6.07) is 2.92. The van der Waals surface area contributed by atoms with Gasteiger partial charge in [-0.1, -0.05) is 11.2 Å². The lowest BCUT2D eigenvalue weighted by molar-refractivity contribution is -0.140. The summed E-state index contributed by atoms with van der Waals surface area (Å²) >= 11 is 0. The van der Waals surface area contributed by atoms with Crippen LogP contribution < -0.4 is 5.32 Å². The number of carbonyl (C=O) groups excluding carboxylic acids is 3. The lowest BCUT2D eigenvalue weighted by atomic mass is 10.1. The molecule has 0 radical (unpaired) electrons. The number of fused-ring (bicyclic) bond motifs is 1. The first-order chi connectivity index (χ1) is 19.3. The van der Waals surface area contributed by atoms with Gasteiger partial charge in [0.15, 0.2) is 18.0 Å². The standard InChI is InChI=1S/C25H24F3N9O4/c1-12-16(25(26,27)28)8-15(9-29-12)17-6-5-7-18(32-17)33-22(38)13(2)37-11-30-21-20(37)23(39)36(24(40)35(21)4)10-19-31-14(3)41-34-19/h5-9,11,13,20-21H,10H2,1-4H3,(H,32,33,38)/t13-,20?,21?/m0/s1. The predicted molar refractivity (Wildman–Crippen MR) is 136 cm³/mol. The summed E-state index contributed by atoms with van der Waals surface area (Å²) in [6.07, 6.45) is -2.83. The van der Waals surface area contributed by atoms with Crippen molar-refractivity contribution in [2.75, 3.05) is 12.4 Å². The van der Waals surface area contributed by atoms with Crippen molar-refractivity contribution in [3.05, 3.63) is 53.4 Å². The Labute approximate surface area is 231 Å². The van der Waals surface area contributed by atoms with Crippen LogP contribution in [0.3, 0.4) is 0 Å². The number of hydrogen-bond acceptors (Lipinski definition) is 10. The van der Waals surface area contributed by atoms with Crippen molar-refractivity contribution < 1.29 is 32.1 Å². The van der Waals surface area contributed by atoms with E-state index in [0.29, 0.717) is 0 Å². The number of likely N-dealkylation sites (N-methyl/N-ethyl adjacent to an activating group) is 1. The zero-order chi connectivity index (χ0) is 29.6. The highest BCUT2D eigenvalue weighted by molar-refractivity contribution is 6.03. The summed E-state index contributed by atoms with van der Waals surface area (Å²) in [7, 11) is 1.49. The molecule has 41 heavy (non-hydrogen) atoms. The highest BCUT2D eigenvalue weighted by atomic mass is 19.4. The zero-order valence-corrected chi connectivity index (χ0v) is 22.2. The number of halogens is 3. The summed E-state index contributed by atoms with van der Waals surface area (Å²) in [4.78, 5) is 59.7. The maximum Gasteiger partial charge on any atom is 0.418 e. The van der Waals surface area contributed by atoms with E-state index in [4.69, 9.17) is 4.52 Å². The third-order valence-corrected chi connectivity index (χ3v) is 6.79. The van der Waals surface area contributed by atoms with Gasteiger partial charge in [-0.3, -0.25) is 19.5 Å². The second-order valence-corrected chi connectivity index (χ2v) is 9.55. The number of aromatic nitrogens is 4. The zero-order valence-electron chi connectivity index (χ0n) is 22.2. The second-order valence-electron chi connectivity index (χ2n) is 9.55. The van der Waals surface area contributed by atoms with E-state index in [1.165, 1.54) is 54.5 Å². The largest absolute Gasteiger partial charge is 0.418 e. The molecule has 5 heterocycles. The Morgan fingerprint density at radius 3 is 2.63 bits per heavy atom. The van der Waals surface area contributed by atoms with Crippen molar-refractivity contribution in [2.45, 2.75) is 51.7 Å². The lowest BCUT2D eigenvalue weighted by Crippen LogP contribution is -2.66.